The van der Waals surface area contributed by atoms with Crippen LogP contribution in [0.25, 0.3) is 0 Å². The van der Waals surface area contributed by atoms with Crippen LogP contribution in [0.4, 0.5) is 0 Å². The summed E-state index contributed by atoms with van der Waals surface area (Å²) in [5, 5.41) is 0. The van der Waals surface area contributed by atoms with Crippen LogP contribution < -0.4 is 0 Å². The zero-order valence-corrected chi connectivity index (χ0v) is 34.4. The fourth-order valence-electron chi connectivity index (χ4n) is 6.68. The Morgan fingerprint density at radius 2 is 0.529 bits per heavy atom. The lowest BCUT2D eigenvalue weighted by atomic mass is 10.0. The molecular weight excluding hydrogens is 636 g/mol. The van der Waals surface area contributed by atoms with E-state index in [-0.39, 0.29) is 31.1 Å². The van der Waals surface area contributed by atoms with Crippen LogP contribution in [0.3, 0.4) is 0 Å². The first-order valence-electron chi connectivity index (χ1n) is 22.5. The van der Waals surface area contributed by atoms with Crippen molar-refractivity contribution in [3.8, 4) is 0 Å². The van der Waals surface area contributed by atoms with Gasteiger partial charge in [-0.15, -0.1) is 0 Å². The lowest BCUT2D eigenvalue weighted by Gasteiger charge is -2.18. The molecule has 6 nitrogen and oxygen atoms in total. The first kappa shape index (κ1) is 49.4. The molecule has 0 saturated heterocycles. The lowest BCUT2D eigenvalue weighted by Crippen LogP contribution is -2.30. The van der Waals surface area contributed by atoms with Crippen molar-refractivity contribution in [1.82, 2.24) is 0 Å². The molecule has 1 atom stereocenters. The van der Waals surface area contributed by atoms with E-state index < -0.39 is 6.10 Å². The molecule has 1 unspecified atom stereocenters. The van der Waals surface area contributed by atoms with E-state index in [9.17, 15) is 14.4 Å². The van der Waals surface area contributed by atoms with E-state index in [2.05, 4.69) is 20.8 Å². The van der Waals surface area contributed by atoms with Crippen LogP contribution >= 0.6 is 0 Å². The minimum Gasteiger partial charge on any atom is -0.462 e. The second kappa shape index (κ2) is 41.2. The molecule has 0 amide bonds. The van der Waals surface area contributed by atoms with Gasteiger partial charge in [-0.3, -0.25) is 14.4 Å². The molecular formula is C45H86O6. The van der Waals surface area contributed by atoms with Gasteiger partial charge in [0, 0.05) is 19.3 Å². The van der Waals surface area contributed by atoms with E-state index in [1.54, 1.807) is 0 Å². The van der Waals surface area contributed by atoms with Crippen LogP contribution in [0.5, 0.6) is 0 Å². The van der Waals surface area contributed by atoms with Crippen molar-refractivity contribution >= 4 is 17.9 Å². The Kier molecular flexibility index (Phi) is 39.9. The zero-order chi connectivity index (χ0) is 37.3. The van der Waals surface area contributed by atoms with Gasteiger partial charge in [-0.05, 0) is 19.3 Å². The summed E-state index contributed by atoms with van der Waals surface area (Å²) in [5.41, 5.74) is 0. The number of hydrogen-bond donors (Lipinski definition) is 0. The van der Waals surface area contributed by atoms with Crippen LogP contribution in [0, 0.1) is 0 Å². The van der Waals surface area contributed by atoms with Crippen LogP contribution in [0.1, 0.15) is 252 Å². The lowest BCUT2D eigenvalue weighted by molar-refractivity contribution is -0.167. The molecule has 0 saturated carbocycles. The average Bonchev–Trinajstić information content (AvgIpc) is 3.13. The molecule has 0 radical (unpaired) electrons. The van der Waals surface area contributed by atoms with Crippen molar-refractivity contribution in [2.24, 2.45) is 0 Å². The highest BCUT2D eigenvalue weighted by Gasteiger charge is 2.19. The van der Waals surface area contributed by atoms with Crippen LogP contribution in [0.15, 0.2) is 0 Å². The molecule has 302 valence electrons. The van der Waals surface area contributed by atoms with Gasteiger partial charge in [-0.25, -0.2) is 0 Å². The fourth-order valence-corrected chi connectivity index (χ4v) is 6.68. The van der Waals surface area contributed by atoms with Crippen molar-refractivity contribution in [3.05, 3.63) is 0 Å². The number of ether oxygens (including phenoxy) is 3. The number of rotatable bonds is 41. The number of esters is 3. The average molecular weight is 723 g/mol. The van der Waals surface area contributed by atoms with Crippen molar-refractivity contribution < 1.29 is 28.6 Å². The van der Waals surface area contributed by atoms with Gasteiger partial charge in [-0.2, -0.15) is 0 Å². The predicted molar refractivity (Wildman–Crippen MR) is 215 cm³/mol. The van der Waals surface area contributed by atoms with E-state index >= 15 is 0 Å². The highest BCUT2D eigenvalue weighted by molar-refractivity contribution is 5.71. The molecule has 0 rings (SSSR count). The molecule has 0 N–H and O–H groups in total. The minimum atomic E-state index is -0.756. The maximum Gasteiger partial charge on any atom is 0.306 e. The summed E-state index contributed by atoms with van der Waals surface area (Å²) < 4.78 is 16.6. The SMILES string of the molecule is CCCCCCCCCCCCCCCCCCC(=O)OCC(COC(=O)CCCCCCCC)OC(=O)CCCCCCCCCCCCC. The third kappa shape index (κ3) is 39.5. The molecule has 0 bridgehead atoms. The second-order valence-corrected chi connectivity index (χ2v) is 15.3. The minimum absolute atomic E-state index is 0.0635. The second-order valence-electron chi connectivity index (χ2n) is 15.3. The molecule has 0 aliphatic rings. The molecule has 0 fully saturated rings. The summed E-state index contributed by atoms with van der Waals surface area (Å²) in [7, 11) is 0. The van der Waals surface area contributed by atoms with Crippen molar-refractivity contribution in [1.29, 1.82) is 0 Å². The summed E-state index contributed by atoms with van der Waals surface area (Å²) in [4.78, 5) is 37.5. The van der Waals surface area contributed by atoms with Gasteiger partial charge in [0.2, 0.25) is 0 Å². The van der Waals surface area contributed by atoms with Crippen molar-refractivity contribution in [2.45, 2.75) is 258 Å². The summed E-state index contributed by atoms with van der Waals surface area (Å²) in [6, 6.07) is 0. The first-order chi connectivity index (χ1) is 25.0. The highest BCUT2D eigenvalue weighted by atomic mass is 16.6. The first-order valence-corrected chi connectivity index (χ1v) is 22.5. The number of carbonyl (C=O) groups excluding carboxylic acids is 3. The third-order valence-electron chi connectivity index (χ3n) is 10.1. The Bertz CT molecular complexity index is 753. The van der Waals surface area contributed by atoms with Crippen LogP contribution in [-0.4, -0.2) is 37.2 Å². The van der Waals surface area contributed by atoms with Gasteiger partial charge in [0.25, 0.3) is 0 Å². The molecule has 51 heavy (non-hydrogen) atoms. The van der Waals surface area contributed by atoms with E-state index in [1.165, 1.54) is 154 Å². The van der Waals surface area contributed by atoms with E-state index in [0.717, 1.165) is 57.8 Å². The fraction of sp³-hybridized carbons (Fsp3) is 0.933. The summed E-state index contributed by atoms with van der Waals surface area (Å²) in [6.07, 6.45) is 41.0. The van der Waals surface area contributed by atoms with Gasteiger partial charge in [0.1, 0.15) is 13.2 Å². The van der Waals surface area contributed by atoms with Crippen LogP contribution in [0.2, 0.25) is 0 Å². The molecule has 0 aromatic heterocycles. The third-order valence-corrected chi connectivity index (χ3v) is 10.1. The molecule has 6 heteroatoms. The zero-order valence-electron chi connectivity index (χ0n) is 34.4. The predicted octanol–water partition coefficient (Wildman–Crippen LogP) is 14.1. The van der Waals surface area contributed by atoms with Gasteiger partial charge < -0.3 is 14.2 Å². The Morgan fingerprint density at radius 3 is 0.784 bits per heavy atom. The maximum atomic E-state index is 12.6. The standard InChI is InChI=1S/C45H86O6/c1-4-7-10-13-16-18-20-21-22-23-24-26-27-29-32-35-38-44(47)50-41-42(40-49-43(46)37-34-31-15-12-9-6-3)51-45(48)39-36-33-30-28-25-19-17-14-11-8-5-2/h42H,4-41H2,1-3H3. The van der Waals surface area contributed by atoms with Gasteiger partial charge in [-0.1, -0.05) is 213 Å². The Labute approximate surface area is 317 Å². The molecule has 0 aromatic carbocycles. The molecule has 0 heterocycles. The van der Waals surface area contributed by atoms with E-state index in [4.69, 9.17) is 14.2 Å². The van der Waals surface area contributed by atoms with Crippen molar-refractivity contribution in [2.75, 3.05) is 13.2 Å². The smallest absolute Gasteiger partial charge is 0.306 e. The van der Waals surface area contributed by atoms with Gasteiger partial charge >= 0.3 is 17.9 Å². The summed E-state index contributed by atoms with van der Waals surface area (Å²) in [5.74, 6) is -0.863. The number of hydrogen-bond acceptors (Lipinski definition) is 6. The monoisotopic (exact) mass is 723 g/mol. The van der Waals surface area contributed by atoms with Gasteiger partial charge in [0.05, 0.1) is 0 Å². The number of unbranched alkanes of at least 4 members (excludes halogenated alkanes) is 30. The highest BCUT2D eigenvalue weighted by Crippen LogP contribution is 2.16. The Hall–Kier alpha value is -1.59. The van der Waals surface area contributed by atoms with Crippen LogP contribution in [-0.2, 0) is 28.6 Å². The normalized spacial score (nSPS) is 11.8. The molecule has 0 aliphatic heterocycles. The van der Waals surface area contributed by atoms with Crippen molar-refractivity contribution in [3.63, 3.8) is 0 Å². The molecule has 0 spiro atoms. The Balaban J connectivity index is 4.19. The Morgan fingerprint density at radius 1 is 0.314 bits per heavy atom. The topological polar surface area (TPSA) is 78.9 Å². The van der Waals surface area contributed by atoms with E-state index in [0.29, 0.717) is 19.3 Å². The summed E-state index contributed by atoms with van der Waals surface area (Å²) >= 11 is 0. The number of carbonyl (C=O) groups is 3. The summed E-state index contributed by atoms with van der Waals surface area (Å²) in [6.45, 7) is 6.59. The molecule has 0 aliphatic carbocycles. The molecule has 0 aromatic rings. The maximum absolute atomic E-state index is 12.6. The quantitative estimate of drug-likeness (QED) is 0.0355. The van der Waals surface area contributed by atoms with Gasteiger partial charge in [0.15, 0.2) is 6.10 Å². The van der Waals surface area contributed by atoms with E-state index in [1.807, 2.05) is 0 Å². The largest absolute Gasteiger partial charge is 0.462 e.